The van der Waals surface area contributed by atoms with Crippen LogP contribution in [0.1, 0.15) is 29.3 Å². The number of fused-ring (bicyclic) bond motifs is 1. The van der Waals surface area contributed by atoms with Crippen LogP contribution in [-0.4, -0.2) is 24.1 Å². The molecule has 0 saturated heterocycles. The van der Waals surface area contributed by atoms with Gasteiger partial charge in [0, 0.05) is 19.0 Å². The van der Waals surface area contributed by atoms with Gasteiger partial charge in [0.1, 0.15) is 0 Å². The molecule has 0 radical (unpaired) electrons. The van der Waals surface area contributed by atoms with Crippen LogP contribution >= 0.6 is 23.6 Å². The highest BCUT2D eigenvalue weighted by molar-refractivity contribution is 7.80. The van der Waals surface area contributed by atoms with E-state index in [9.17, 15) is 0 Å². The fourth-order valence-electron chi connectivity index (χ4n) is 1.91. The summed E-state index contributed by atoms with van der Waals surface area (Å²) in [4.78, 5) is 3.48. The van der Waals surface area contributed by atoms with Crippen LogP contribution in [0.3, 0.4) is 0 Å². The van der Waals surface area contributed by atoms with Crippen molar-refractivity contribution in [3.63, 3.8) is 0 Å². The highest BCUT2D eigenvalue weighted by atomic mass is 32.1. The van der Waals surface area contributed by atoms with E-state index in [0.29, 0.717) is 6.04 Å². The number of nitrogens with zero attached hydrogens (tertiary/aromatic N) is 1. The second-order valence-electron chi connectivity index (χ2n) is 4.09. The van der Waals surface area contributed by atoms with Crippen LogP contribution in [0, 0.1) is 0 Å². The Morgan fingerprint density at radius 3 is 3.13 bits per heavy atom. The Hall–Kier alpha value is -0.610. The van der Waals surface area contributed by atoms with Gasteiger partial charge in [0.25, 0.3) is 0 Å². The standard InChI is InChI=1S/C11H16N2S2/c1-13(2)11(14)12-9-4-3-5-10-8(9)6-7-15-10/h6-7,9H,3-5H2,1-2H3,(H,12,14). The molecule has 1 heterocycles. The van der Waals surface area contributed by atoms with E-state index in [0.717, 1.165) is 5.11 Å². The second-order valence-corrected chi connectivity index (χ2v) is 5.48. The summed E-state index contributed by atoms with van der Waals surface area (Å²) in [5.74, 6) is 0. The molecule has 0 aromatic carbocycles. The molecule has 2 nitrogen and oxygen atoms in total. The third-order valence-electron chi connectivity index (χ3n) is 2.76. The molecule has 0 fully saturated rings. The molecule has 0 saturated carbocycles. The van der Waals surface area contributed by atoms with E-state index in [1.165, 1.54) is 29.7 Å². The normalized spacial score (nSPS) is 19.5. The summed E-state index contributed by atoms with van der Waals surface area (Å²) in [7, 11) is 3.96. The molecule has 0 bridgehead atoms. The molecule has 15 heavy (non-hydrogen) atoms. The molecular formula is C11H16N2S2. The van der Waals surface area contributed by atoms with Crippen LogP contribution < -0.4 is 5.32 Å². The van der Waals surface area contributed by atoms with Crippen molar-refractivity contribution in [3.8, 4) is 0 Å². The highest BCUT2D eigenvalue weighted by Gasteiger charge is 2.21. The van der Waals surface area contributed by atoms with E-state index in [2.05, 4.69) is 16.8 Å². The molecule has 1 aliphatic rings. The van der Waals surface area contributed by atoms with E-state index in [4.69, 9.17) is 12.2 Å². The first-order chi connectivity index (χ1) is 7.18. The van der Waals surface area contributed by atoms with E-state index in [1.807, 2.05) is 30.3 Å². The SMILES string of the molecule is CN(C)C(=S)NC1CCCc2sccc21. The molecule has 82 valence electrons. The van der Waals surface area contributed by atoms with Crippen molar-refractivity contribution in [2.45, 2.75) is 25.3 Å². The van der Waals surface area contributed by atoms with Crippen molar-refractivity contribution in [2.24, 2.45) is 0 Å². The van der Waals surface area contributed by atoms with Gasteiger partial charge < -0.3 is 10.2 Å². The van der Waals surface area contributed by atoms with Gasteiger partial charge in [-0.25, -0.2) is 0 Å². The Bertz CT molecular complexity index is 357. The van der Waals surface area contributed by atoms with Crippen molar-refractivity contribution in [2.75, 3.05) is 14.1 Å². The maximum absolute atomic E-state index is 5.28. The third kappa shape index (κ3) is 2.32. The van der Waals surface area contributed by atoms with Crippen LogP contribution in [0.25, 0.3) is 0 Å². The molecule has 0 amide bonds. The molecule has 2 rings (SSSR count). The van der Waals surface area contributed by atoms with Crippen LogP contribution in [-0.2, 0) is 6.42 Å². The molecule has 1 aromatic rings. The number of thiophene rings is 1. The Labute approximate surface area is 100 Å². The number of nitrogens with one attached hydrogen (secondary N) is 1. The largest absolute Gasteiger partial charge is 0.356 e. The van der Waals surface area contributed by atoms with E-state index >= 15 is 0 Å². The lowest BCUT2D eigenvalue weighted by molar-refractivity contribution is 0.500. The Kier molecular flexibility index (Phi) is 3.26. The molecule has 1 N–H and O–H groups in total. The van der Waals surface area contributed by atoms with Gasteiger partial charge in [-0.3, -0.25) is 0 Å². The van der Waals surface area contributed by atoms with Gasteiger partial charge in [-0.2, -0.15) is 0 Å². The monoisotopic (exact) mass is 240 g/mol. The fourth-order valence-corrected chi connectivity index (χ4v) is 3.04. The number of rotatable bonds is 1. The number of hydrogen-bond donors (Lipinski definition) is 1. The Balaban J connectivity index is 2.10. The van der Waals surface area contributed by atoms with Crippen molar-refractivity contribution in [1.82, 2.24) is 10.2 Å². The maximum atomic E-state index is 5.28. The quantitative estimate of drug-likeness (QED) is 0.760. The van der Waals surface area contributed by atoms with Gasteiger partial charge in [0.05, 0.1) is 6.04 Å². The number of thiocarbonyl (C=S) groups is 1. The smallest absolute Gasteiger partial charge is 0.168 e. The minimum absolute atomic E-state index is 0.426. The van der Waals surface area contributed by atoms with Gasteiger partial charge in [-0.15, -0.1) is 11.3 Å². The van der Waals surface area contributed by atoms with Gasteiger partial charge in [0.2, 0.25) is 0 Å². The predicted molar refractivity (Wildman–Crippen MR) is 69.4 cm³/mol. The molecule has 1 unspecified atom stereocenters. The summed E-state index contributed by atoms with van der Waals surface area (Å²) < 4.78 is 0. The molecule has 0 spiro atoms. The average Bonchev–Trinajstić information content (AvgIpc) is 2.66. The average molecular weight is 240 g/mol. The topological polar surface area (TPSA) is 15.3 Å². The third-order valence-corrected chi connectivity index (χ3v) is 4.24. The summed E-state index contributed by atoms with van der Waals surface area (Å²) >= 11 is 7.15. The van der Waals surface area contributed by atoms with Gasteiger partial charge in [-0.05, 0) is 48.5 Å². The first kappa shape index (κ1) is 10.9. The molecular weight excluding hydrogens is 224 g/mol. The first-order valence-electron chi connectivity index (χ1n) is 5.22. The minimum atomic E-state index is 0.426. The van der Waals surface area contributed by atoms with Crippen molar-refractivity contribution in [3.05, 3.63) is 21.9 Å². The van der Waals surface area contributed by atoms with E-state index in [-0.39, 0.29) is 0 Å². The lowest BCUT2D eigenvalue weighted by Gasteiger charge is -2.27. The summed E-state index contributed by atoms with van der Waals surface area (Å²) in [6.07, 6.45) is 3.69. The van der Waals surface area contributed by atoms with Crippen molar-refractivity contribution < 1.29 is 0 Å². The zero-order valence-electron chi connectivity index (χ0n) is 9.12. The van der Waals surface area contributed by atoms with Crippen LogP contribution in [0.15, 0.2) is 11.4 Å². The van der Waals surface area contributed by atoms with Crippen molar-refractivity contribution in [1.29, 1.82) is 0 Å². The molecule has 4 heteroatoms. The van der Waals surface area contributed by atoms with Crippen LogP contribution in [0.5, 0.6) is 0 Å². The molecule has 1 atom stereocenters. The van der Waals surface area contributed by atoms with Gasteiger partial charge >= 0.3 is 0 Å². The molecule has 0 aliphatic heterocycles. The van der Waals surface area contributed by atoms with E-state index < -0.39 is 0 Å². The lowest BCUT2D eigenvalue weighted by Crippen LogP contribution is -2.37. The molecule has 1 aliphatic carbocycles. The fraction of sp³-hybridized carbons (Fsp3) is 0.545. The number of hydrogen-bond acceptors (Lipinski definition) is 2. The summed E-state index contributed by atoms with van der Waals surface area (Å²) in [5, 5.41) is 6.44. The highest BCUT2D eigenvalue weighted by Crippen LogP contribution is 2.33. The van der Waals surface area contributed by atoms with Gasteiger partial charge in [0.15, 0.2) is 5.11 Å². The maximum Gasteiger partial charge on any atom is 0.168 e. The minimum Gasteiger partial charge on any atom is -0.356 e. The Morgan fingerprint density at radius 2 is 2.40 bits per heavy atom. The second kappa shape index (κ2) is 4.49. The van der Waals surface area contributed by atoms with Crippen LogP contribution in [0.4, 0.5) is 0 Å². The Morgan fingerprint density at radius 1 is 1.60 bits per heavy atom. The van der Waals surface area contributed by atoms with E-state index in [1.54, 1.807) is 0 Å². The zero-order chi connectivity index (χ0) is 10.8. The predicted octanol–water partition coefficient (Wildman–Crippen LogP) is 2.56. The summed E-state index contributed by atoms with van der Waals surface area (Å²) in [6.45, 7) is 0. The first-order valence-corrected chi connectivity index (χ1v) is 6.51. The summed E-state index contributed by atoms with van der Waals surface area (Å²) in [5.41, 5.74) is 1.45. The van der Waals surface area contributed by atoms with Crippen molar-refractivity contribution >= 4 is 28.7 Å². The summed E-state index contributed by atoms with van der Waals surface area (Å²) in [6, 6.07) is 2.66. The lowest BCUT2D eigenvalue weighted by atomic mass is 9.94. The number of aryl methyl sites for hydroxylation is 1. The van der Waals surface area contributed by atoms with Crippen LogP contribution in [0.2, 0.25) is 0 Å². The van der Waals surface area contributed by atoms with Gasteiger partial charge in [-0.1, -0.05) is 0 Å². The zero-order valence-corrected chi connectivity index (χ0v) is 10.8. The molecule has 1 aromatic heterocycles.